The fourth-order valence-electron chi connectivity index (χ4n) is 3.07. The Kier molecular flexibility index (Phi) is 5.93. The molecule has 0 radical (unpaired) electrons. The first kappa shape index (κ1) is 17.5. The number of anilines is 1. The number of hydrogen-bond acceptors (Lipinski definition) is 4. The van der Waals surface area contributed by atoms with Crippen LogP contribution in [0.3, 0.4) is 0 Å². The molecule has 1 aromatic heterocycles. The van der Waals surface area contributed by atoms with E-state index in [1.165, 1.54) is 0 Å². The highest BCUT2D eigenvalue weighted by atomic mass is 35.5. The number of hydrogen-bond donors (Lipinski definition) is 2. The minimum atomic E-state index is 0.0660. The number of aromatic nitrogens is 1. The molecule has 2 heterocycles. The van der Waals surface area contributed by atoms with Gasteiger partial charge in [0.25, 0.3) is 0 Å². The Morgan fingerprint density at radius 3 is 3.04 bits per heavy atom. The van der Waals surface area contributed by atoms with Gasteiger partial charge in [-0.15, -0.1) is 11.6 Å². The smallest absolute Gasteiger partial charge is 0.166 e. The fourth-order valence-corrected chi connectivity index (χ4v) is 3.38. The topological polar surface area (TPSA) is 54.0 Å². The van der Waals surface area contributed by atoms with Crippen LogP contribution in [0.5, 0.6) is 0 Å². The van der Waals surface area contributed by atoms with Crippen LogP contribution < -0.4 is 10.6 Å². The summed E-state index contributed by atoms with van der Waals surface area (Å²) in [5, 5.41) is 8.48. The van der Waals surface area contributed by atoms with Crippen LogP contribution in [0.2, 0.25) is 5.02 Å². The zero-order chi connectivity index (χ0) is 16.9. The number of ketones is 1. The van der Waals surface area contributed by atoms with Gasteiger partial charge in [-0.3, -0.25) is 9.78 Å². The van der Waals surface area contributed by atoms with Gasteiger partial charge >= 0.3 is 0 Å². The lowest BCUT2D eigenvalue weighted by atomic mass is 10.0. The predicted octanol–water partition coefficient (Wildman–Crippen LogP) is 4.25. The second kappa shape index (κ2) is 8.15. The fraction of sp³-hybridized carbons (Fsp3) is 0.444. The predicted molar refractivity (Wildman–Crippen MR) is 101 cm³/mol. The molecular formula is C18H21Cl2N3O. The average Bonchev–Trinajstić information content (AvgIpc) is 2.61. The molecule has 0 saturated carbocycles. The van der Waals surface area contributed by atoms with Crippen molar-refractivity contribution in [1.29, 1.82) is 0 Å². The molecule has 0 aliphatic carbocycles. The van der Waals surface area contributed by atoms with Crippen LogP contribution in [0.25, 0.3) is 10.9 Å². The van der Waals surface area contributed by atoms with Gasteiger partial charge in [0, 0.05) is 41.5 Å². The molecule has 1 fully saturated rings. The molecule has 0 spiro atoms. The minimum Gasteiger partial charge on any atom is -0.380 e. The van der Waals surface area contributed by atoms with Crippen molar-refractivity contribution in [3.05, 3.63) is 35.0 Å². The summed E-state index contributed by atoms with van der Waals surface area (Å²) >= 11 is 11.9. The Morgan fingerprint density at radius 1 is 1.42 bits per heavy atom. The van der Waals surface area contributed by atoms with E-state index in [0.29, 0.717) is 35.3 Å². The van der Waals surface area contributed by atoms with E-state index in [1.54, 1.807) is 6.20 Å². The summed E-state index contributed by atoms with van der Waals surface area (Å²) in [5.74, 6) is 0.546. The standard InChI is InChI=1S/C18H21Cl2N3O/c19-7-1-4-17(24)15-11-22-16-6-5-12(20)9-14(16)18(15)23-13-3-2-8-21-10-13/h5-6,9,11,13,21H,1-4,7-8,10H2,(H,22,23). The van der Waals surface area contributed by atoms with Gasteiger partial charge in [0.1, 0.15) is 0 Å². The summed E-state index contributed by atoms with van der Waals surface area (Å²) in [5.41, 5.74) is 2.30. The maximum atomic E-state index is 12.6. The number of alkyl halides is 1. The highest BCUT2D eigenvalue weighted by molar-refractivity contribution is 6.31. The van der Waals surface area contributed by atoms with E-state index in [9.17, 15) is 4.79 Å². The molecule has 1 unspecified atom stereocenters. The molecule has 1 aliphatic heterocycles. The molecule has 1 aromatic carbocycles. The quantitative estimate of drug-likeness (QED) is 0.593. The zero-order valence-electron chi connectivity index (χ0n) is 13.4. The van der Waals surface area contributed by atoms with E-state index in [2.05, 4.69) is 15.6 Å². The molecule has 0 amide bonds. The minimum absolute atomic E-state index is 0.0660. The van der Waals surface area contributed by atoms with Crippen molar-refractivity contribution in [1.82, 2.24) is 10.3 Å². The van der Waals surface area contributed by atoms with Crippen molar-refractivity contribution in [3.8, 4) is 0 Å². The van der Waals surface area contributed by atoms with E-state index in [1.807, 2.05) is 18.2 Å². The van der Waals surface area contributed by atoms with Gasteiger partial charge in [0.05, 0.1) is 16.8 Å². The number of carbonyl (C=O) groups is 1. The number of benzene rings is 1. The summed E-state index contributed by atoms with van der Waals surface area (Å²) in [6.07, 6.45) is 4.96. The number of fused-ring (bicyclic) bond motifs is 1. The van der Waals surface area contributed by atoms with Crippen LogP contribution >= 0.6 is 23.2 Å². The number of nitrogens with zero attached hydrogens (tertiary/aromatic N) is 1. The molecule has 6 heteroatoms. The Bertz CT molecular complexity index is 730. The Hall–Kier alpha value is -1.36. The van der Waals surface area contributed by atoms with Crippen molar-refractivity contribution >= 4 is 45.6 Å². The normalized spacial score (nSPS) is 17.8. The van der Waals surface area contributed by atoms with Crippen LogP contribution in [0, 0.1) is 0 Å². The Labute approximate surface area is 151 Å². The number of rotatable bonds is 6. The summed E-state index contributed by atoms with van der Waals surface area (Å²) in [6.45, 7) is 1.93. The van der Waals surface area contributed by atoms with Gasteiger partial charge in [-0.1, -0.05) is 11.6 Å². The molecule has 128 valence electrons. The number of carbonyl (C=O) groups excluding carboxylic acids is 1. The number of Topliss-reactive ketones (excluding diaryl/α,β-unsaturated/α-hetero) is 1. The van der Waals surface area contributed by atoms with Crippen molar-refractivity contribution in [2.45, 2.75) is 31.7 Å². The Balaban J connectivity index is 2.01. The molecule has 2 aromatic rings. The molecule has 1 saturated heterocycles. The van der Waals surface area contributed by atoms with Crippen molar-refractivity contribution < 1.29 is 4.79 Å². The molecule has 3 rings (SSSR count). The van der Waals surface area contributed by atoms with Gasteiger partial charge in [0.15, 0.2) is 5.78 Å². The van der Waals surface area contributed by atoms with Crippen molar-refractivity contribution in [2.75, 3.05) is 24.3 Å². The Morgan fingerprint density at radius 2 is 2.29 bits per heavy atom. The van der Waals surface area contributed by atoms with Gasteiger partial charge in [-0.05, 0) is 44.0 Å². The summed E-state index contributed by atoms with van der Waals surface area (Å²) in [7, 11) is 0. The SMILES string of the molecule is O=C(CCCCl)c1cnc2ccc(Cl)cc2c1NC1CCCNC1. The van der Waals surface area contributed by atoms with Gasteiger partial charge < -0.3 is 10.6 Å². The zero-order valence-corrected chi connectivity index (χ0v) is 15.0. The first-order valence-electron chi connectivity index (χ1n) is 8.33. The van der Waals surface area contributed by atoms with Crippen molar-refractivity contribution in [2.24, 2.45) is 0 Å². The maximum absolute atomic E-state index is 12.6. The lowest BCUT2D eigenvalue weighted by Gasteiger charge is -2.26. The van der Waals surface area contributed by atoms with Gasteiger partial charge in [-0.2, -0.15) is 0 Å². The van der Waals surface area contributed by atoms with Crippen LogP contribution in [-0.2, 0) is 0 Å². The average molecular weight is 366 g/mol. The molecule has 1 atom stereocenters. The van der Waals surface area contributed by atoms with E-state index in [0.717, 1.165) is 42.5 Å². The van der Waals surface area contributed by atoms with Crippen LogP contribution in [-0.4, -0.2) is 35.8 Å². The largest absolute Gasteiger partial charge is 0.380 e. The van der Waals surface area contributed by atoms with Crippen LogP contribution in [0.15, 0.2) is 24.4 Å². The third kappa shape index (κ3) is 4.00. The van der Waals surface area contributed by atoms with E-state index < -0.39 is 0 Å². The number of nitrogens with one attached hydrogen (secondary N) is 2. The first-order chi connectivity index (χ1) is 11.7. The number of pyridine rings is 1. The van der Waals surface area contributed by atoms with Gasteiger partial charge in [-0.25, -0.2) is 0 Å². The molecule has 24 heavy (non-hydrogen) atoms. The number of piperidine rings is 1. The number of halogens is 2. The lowest BCUT2D eigenvalue weighted by molar-refractivity contribution is 0.0982. The lowest BCUT2D eigenvalue weighted by Crippen LogP contribution is -2.38. The highest BCUT2D eigenvalue weighted by Crippen LogP contribution is 2.30. The molecule has 2 N–H and O–H groups in total. The van der Waals surface area contributed by atoms with Crippen molar-refractivity contribution in [3.63, 3.8) is 0 Å². The van der Waals surface area contributed by atoms with Gasteiger partial charge in [0.2, 0.25) is 0 Å². The summed E-state index contributed by atoms with van der Waals surface area (Å²) in [4.78, 5) is 17.0. The molecule has 0 bridgehead atoms. The molecule has 4 nitrogen and oxygen atoms in total. The highest BCUT2D eigenvalue weighted by Gasteiger charge is 2.20. The monoisotopic (exact) mass is 365 g/mol. The van der Waals surface area contributed by atoms with Crippen LogP contribution in [0.1, 0.15) is 36.0 Å². The van der Waals surface area contributed by atoms with Crippen LogP contribution in [0.4, 0.5) is 5.69 Å². The maximum Gasteiger partial charge on any atom is 0.166 e. The first-order valence-corrected chi connectivity index (χ1v) is 9.25. The third-order valence-electron chi connectivity index (χ3n) is 4.31. The third-order valence-corrected chi connectivity index (χ3v) is 4.82. The van der Waals surface area contributed by atoms with E-state index in [-0.39, 0.29) is 5.78 Å². The molecular weight excluding hydrogens is 345 g/mol. The molecule has 1 aliphatic rings. The second-order valence-electron chi connectivity index (χ2n) is 6.11. The van der Waals surface area contributed by atoms with E-state index >= 15 is 0 Å². The second-order valence-corrected chi connectivity index (χ2v) is 6.93. The van der Waals surface area contributed by atoms with E-state index in [4.69, 9.17) is 23.2 Å². The summed E-state index contributed by atoms with van der Waals surface area (Å²) in [6, 6.07) is 5.87. The summed E-state index contributed by atoms with van der Waals surface area (Å²) < 4.78 is 0.